The van der Waals surface area contributed by atoms with Crippen molar-refractivity contribution < 1.29 is 0 Å². The van der Waals surface area contributed by atoms with E-state index in [9.17, 15) is 0 Å². The second kappa shape index (κ2) is 3.80. The molecule has 0 aliphatic heterocycles. The molecule has 0 saturated carbocycles. The third-order valence-electron chi connectivity index (χ3n) is 1.05. The van der Waals surface area contributed by atoms with Crippen LogP contribution in [0, 0.1) is 3.57 Å². The zero-order valence-corrected chi connectivity index (χ0v) is 8.66. The average Bonchev–Trinajstić information content (AvgIpc) is 1.93. The van der Waals surface area contributed by atoms with E-state index in [4.69, 9.17) is 0 Å². The molecule has 2 nitrogen and oxygen atoms in total. The molecule has 0 aliphatic carbocycles. The lowest BCUT2D eigenvalue weighted by atomic mass is 10.4. The van der Waals surface area contributed by atoms with Crippen molar-refractivity contribution in [2.75, 3.05) is 0 Å². The molecule has 1 heterocycles. The predicted molar refractivity (Wildman–Crippen MR) is 55.4 cm³/mol. The van der Waals surface area contributed by atoms with E-state index >= 15 is 0 Å². The van der Waals surface area contributed by atoms with E-state index in [-0.39, 0.29) is 0 Å². The van der Waals surface area contributed by atoms with Gasteiger partial charge in [0, 0.05) is 15.5 Å². The molecular weight excluding hydrogens is 251 g/mol. The van der Waals surface area contributed by atoms with E-state index in [0.717, 1.165) is 15.1 Å². The van der Waals surface area contributed by atoms with Crippen molar-refractivity contribution in [1.82, 2.24) is 4.98 Å². The van der Waals surface area contributed by atoms with Crippen LogP contribution in [0.25, 0.3) is 0 Å². The zero-order chi connectivity index (χ0) is 8.27. The minimum Gasteiger partial charge on any atom is -0.239 e. The van der Waals surface area contributed by atoms with Crippen molar-refractivity contribution in [3.8, 4) is 0 Å². The number of nitrogens with zero attached hydrogens (tertiary/aromatic N) is 2. The van der Waals surface area contributed by atoms with Crippen LogP contribution in [0.3, 0.4) is 0 Å². The normalized spacial score (nSPS) is 9.36. The molecule has 0 spiro atoms. The van der Waals surface area contributed by atoms with Crippen LogP contribution in [0.15, 0.2) is 23.3 Å². The first-order chi connectivity index (χ1) is 5.18. The molecule has 0 radical (unpaired) electrons. The summed E-state index contributed by atoms with van der Waals surface area (Å²) in [6, 6.07) is 3.91. The number of halogens is 1. The van der Waals surface area contributed by atoms with E-state index < -0.39 is 0 Å². The summed E-state index contributed by atoms with van der Waals surface area (Å²) >= 11 is 2.22. The number of hydrogen-bond acceptors (Lipinski definition) is 2. The molecule has 0 amide bonds. The Bertz CT molecular complexity index is 260. The summed E-state index contributed by atoms with van der Waals surface area (Å²) in [7, 11) is 0. The minimum atomic E-state index is 0.783. The topological polar surface area (TPSA) is 25.2 Å². The number of pyridine rings is 1. The van der Waals surface area contributed by atoms with Crippen molar-refractivity contribution in [2.24, 2.45) is 4.99 Å². The molecule has 0 aromatic carbocycles. The maximum absolute atomic E-state index is 4.20. The van der Waals surface area contributed by atoms with Crippen LogP contribution < -0.4 is 0 Å². The standard InChI is InChI=1S/C8H9IN2/c1-6(2)11-8-4-3-7(9)5-10-8/h3-5H,1-2H3. The van der Waals surface area contributed by atoms with Crippen LogP contribution in [0.2, 0.25) is 0 Å². The van der Waals surface area contributed by atoms with E-state index in [1.54, 1.807) is 0 Å². The fraction of sp³-hybridized carbons (Fsp3) is 0.250. The van der Waals surface area contributed by atoms with Crippen molar-refractivity contribution >= 4 is 34.1 Å². The van der Waals surface area contributed by atoms with Crippen molar-refractivity contribution in [1.29, 1.82) is 0 Å². The molecule has 0 N–H and O–H groups in total. The van der Waals surface area contributed by atoms with Crippen molar-refractivity contribution in [3.63, 3.8) is 0 Å². The lowest BCUT2D eigenvalue weighted by Gasteiger charge is -1.93. The fourth-order valence-electron chi connectivity index (χ4n) is 0.663. The van der Waals surface area contributed by atoms with Crippen LogP contribution in [0.1, 0.15) is 13.8 Å². The Hall–Kier alpha value is -0.450. The summed E-state index contributed by atoms with van der Waals surface area (Å²) in [4.78, 5) is 8.33. The van der Waals surface area contributed by atoms with Crippen LogP contribution >= 0.6 is 22.6 Å². The molecule has 0 aliphatic rings. The van der Waals surface area contributed by atoms with Gasteiger partial charge in [-0.15, -0.1) is 0 Å². The maximum Gasteiger partial charge on any atom is 0.151 e. The van der Waals surface area contributed by atoms with Gasteiger partial charge in [-0.25, -0.2) is 9.98 Å². The molecular formula is C8H9IN2. The Balaban J connectivity index is 2.91. The summed E-state index contributed by atoms with van der Waals surface area (Å²) in [6.45, 7) is 3.92. The summed E-state index contributed by atoms with van der Waals surface area (Å²) in [6.07, 6.45) is 1.81. The van der Waals surface area contributed by atoms with E-state index in [2.05, 4.69) is 32.6 Å². The van der Waals surface area contributed by atoms with Gasteiger partial charge in [-0.3, -0.25) is 0 Å². The molecule has 0 bridgehead atoms. The number of rotatable bonds is 1. The molecule has 1 aromatic heterocycles. The third kappa shape index (κ3) is 2.96. The van der Waals surface area contributed by atoms with Gasteiger partial charge in [0.05, 0.1) is 0 Å². The third-order valence-corrected chi connectivity index (χ3v) is 1.69. The van der Waals surface area contributed by atoms with Gasteiger partial charge >= 0.3 is 0 Å². The van der Waals surface area contributed by atoms with Gasteiger partial charge in [0.2, 0.25) is 0 Å². The van der Waals surface area contributed by atoms with E-state index in [0.29, 0.717) is 0 Å². The summed E-state index contributed by atoms with van der Waals surface area (Å²) in [5, 5.41) is 0. The molecule has 0 saturated heterocycles. The van der Waals surface area contributed by atoms with E-state index in [1.165, 1.54) is 0 Å². The minimum absolute atomic E-state index is 0.783. The Morgan fingerprint density at radius 1 is 1.45 bits per heavy atom. The number of hydrogen-bond donors (Lipinski definition) is 0. The molecule has 11 heavy (non-hydrogen) atoms. The smallest absolute Gasteiger partial charge is 0.151 e. The second-order valence-electron chi connectivity index (χ2n) is 2.39. The summed E-state index contributed by atoms with van der Waals surface area (Å²) < 4.78 is 1.13. The van der Waals surface area contributed by atoms with Crippen LogP contribution in [-0.4, -0.2) is 10.7 Å². The summed E-state index contributed by atoms with van der Waals surface area (Å²) in [5.74, 6) is 0.783. The molecule has 0 unspecified atom stereocenters. The maximum atomic E-state index is 4.20. The molecule has 1 rings (SSSR count). The van der Waals surface area contributed by atoms with Gasteiger partial charge in [-0.2, -0.15) is 0 Å². The first-order valence-corrected chi connectivity index (χ1v) is 4.40. The molecule has 0 fully saturated rings. The highest BCUT2D eigenvalue weighted by molar-refractivity contribution is 14.1. The fourth-order valence-corrected chi connectivity index (χ4v) is 0.982. The van der Waals surface area contributed by atoms with E-state index in [1.807, 2.05) is 32.2 Å². The van der Waals surface area contributed by atoms with Crippen molar-refractivity contribution in [2.45, 2.75) is 13.8 Å². The Morgan fingerprint density at radius 3 is 2.64 bits per heavy atom. The molecule has 58 valence electrons. The largest absolute Gasteiger partial charge is 0.239 e. The molecule has 3 heteroatoms. The number of aromatic nitrogens is 1. The lowest BCUT2D eigenvalue weighted by Crippen LogP contribution is -1.81. The second-order valence-corrected chi connectivity index (χ2v) is 3.64. The Kier molecular flexibility index (Phi) is 2.99. The highest BCUT2D eigenvalue weighted by Crippen LogP contribution is 2.09. The highest BCUT2D eigenvalue weighted by Gasteiger charge is 1.89. The quantitative estimate of drug-likeness (QED) is 0.563. The van der Waals surface area contributed by atoms with Gasteiger partial charge in [0.15, 0.2) is 5.82 Å². The van der Waals surface area contributed by atoms with Gasteiger partial charge in [0.25, 0.3) is 0 Å². The predicted octanol–water partition coefficient (Wildman–Crippen LogP) is 2.80. The zero-order valence-electron chi connectivity index (χ0n) is 6.50. The van der Waals surface area contributed by atoms with Crippen LogP contribution in [0.4, 0.5) is 5.82 Å². The van der Waals surface area contributed by atoms with Gasteiger partial charge in [-0.1, -0.05) is 0 Å². The van der Waals surface area contributed by atoms with Crippen molar-refractivity contribution in [3.05, 3.63) is 21.9 Å². The Morgan fingerprint density at radius 2 is 2.18 bits per heavy atom. The SMILES string of the molecule is CC(C)=Nc1ccc(I)cn1. The van der Waals surface area contributed by atoms with Crippen LogP contribution in [0.5, 0.6) is 0 Å². The average molecular weight is 260 g/mol. The molecule has 0 atom stereocenters. The van der Waals surface area contributed by atoms with Gasteiger partial charge < -0.3 is 0 Å². The lowest BCUT2D eigenvalue weighted by molar-refractivity contribution is 1.25. The Labute approximate surface area is 79.9 Å². The highest BCUT2D eigenvalue weighted by atomic mass is 127. The molecule has 1 aromatic rings. The van der Waals surface area contributed by atoms with Gasteiger partial charge in [0.1, 0.15) is 0 Å². The summed E-state index contributed by atoms with van der Waals surface area (Å²) in [5.41, 5.74) is 1.03. The van der Waals surface area contributed by atoms with Gasteiger partial charge in [-0.05, 0) is 48.6 Å². The monoisotopic (exact) mass is 260 g/mol. The van der Waals surface area contributed by atoms with Crippen LogP contribution in [-0.2, 0) is 0 Å². The first-order valence-electron chi connectivity index (χ1n) is 3.32. The first kappa shape index (κ1) is 8.64. The number of aliphatic imine (C=N–C) groups is 1.